The van der Waals surface area contributed by atoms with E-state index >= 15 is 0 Å². The van der Waals surface area contributed by atoms with Crippen molar-refractivity contribution in [2.24, 2.45) is 0 Å². The molecule has 0 aliphatic heterocycles. The molecular formula is C12H16N4. The van der Waals surface area contributed by atoms with Crippen LogP contribution in [-0.2, 0) is 0 Å². The maximum absolute atomic E-state index is 5.71. The number of nitrogens with zero attached hydrogens (tertiary/aromatic N) is 2. The fourth-order valence-electron chi connectivity index (χ4n) is 1.60. The molecule has 0 saturated heterocycles. The van der Waals surface area contributed by atoms with Crippen molar-refractivity contribution < 1.29 is 0 Å². The summed E-state index contributed by atoms with van der Waals surface area (Å²) in [5.41, 5.74) is 7.33. The first kappa shape index (κ1) is 10.7. The van der Waals surface area contributed by atoms with Crippen LogP contribution in [0.1, 0.15) is 19.8 Å². The first-order valence-electron chi connectivity index (χ1n) is 5.55. The Morgan fingerprint density at radius 1 is 1.31 bits per heavy atom. The number of nitrogens with two attached hydrogens (primary N) is 1. The van der Waals surface area contributed by atoms with Gasteiger partial charge in [-0.2, -0.15) is 0 Å². The standard InChI is InChI=1S/C12H16N4/c1-2-3-6-14-12-10-5-4-9(13)7-11(10)15-8-16-12/h4-5,7-8H,2-3,6,13H2,1H3,(H,14,15,16). The Bertz CT molecular complexity index is 481. The Morgan fingerprint density at radius 2 is 2.19 bits per heavy atom. The monoisotopic (exact) mass is 216 g/mol. The van der Waals surface area contributed by atoms with Gasteiger partial charge < -0.3 is 11.1 Å². The van der Waals surface area contributed by atoms with Crippen LogP contribution in [0.25, 0.3) is 10.9 Å². The van der Waals surface area contributed by atoms with E-state index < -0.39 is 0 Å². The molecule has 84 valence electrons. The zero-order chi connectivity index (χ0) is 11.4. The molecule has 0 unspecified atom stereocenters. The zero-order valence-corrected chi connectivity index (χ0v) is 9.40. The number of fused-ring (bicyclic) bond motifs is 1. The van der Waals surface area contributed by atoms with Gasteiger partial charge in [0.05, 0.1) is 5.52 Å². The summed E-state index contributed by atoms with van der Waals surface area (Å²) in [5, 5.41) is 4.34. The van der Waals surface area contributed by atoms with E-state index in [4.69, 9.17) is 5.73 Å². The maximum Gasteiger partial charge on any atom is 0.137 e. The quantitative estimate of drug-likeness (QED) is 0.608. The highest BCUT2D eigenvalue weighted by Gasteiger charge is 2.02. The van der Waals surface area contributed by atoms with E-state index in [1.165, 1.54) is 6.42 Å². The Kier molecular flexibility index (Phi) is 3.19. The second kappa shape index (κ2) is 4.79. The lowest BCUT2D eigenvalue weighted by Gasteiger charge is -2.07. The third-order valence-corrected chi connectivity index (χ3v) is 2.48. The molecule has 0 saturated carbocycles. The highest BCUT2D eigenvalue weighted by atomic mass is 15.0. The Morgan fingerprint density at radius 3 is 3.00 bits per heavy atom. The minimum Gasteiger partial charge on any atom is -0.399 e. The van der Waals surface area contributed by atoms with Gasteiger partial charge in [0.25, 0.3) is 0 Å². The van der Waals surface area contributed by atoms with Crippen molar-refractivity contribution in [1.29, 1.82) is 0 Å². The Labute approximate surface area is 94.9 Å². The van der Waals surface area contributed by atoms with E-state index in [9.17, 15) is 0 Å². The average Bonchev–Trinajstić information content (AvgIpc) is 2.29. The average molecular weight is 216 g/mol. The van der Waals surface area contributed by atoms with E-state index in [0.717, 1.165) is 35.4 Å². The smallest absolute Gasteiger partial charge is 0.137 e. The summed E-state index contributed by atoms with van der Waals surface area (Å²) < 4.78 is 0. The van der Waals surface area contributed by atoms with Crippen LogP contribution in [0.4, 0.5) is 11.5 Å². The van der Waals surface area contributed by atoms with Gasteiger partial charge in [0.1, 0.15) is 12.1 Å². The van der Waals surface area contributed by atoms with Crippen LogP contribution in [0.3, 0.4) is 0 Å². The second-order valence-corrected chi connectivity index (χ2v) is 3.78. The summed E-state index contributed by atoms with van der Waals surface area (Å²) in [6.45, 7) is 3.10. The molecule has 0 atom stereocenters. The van der Waals surface area contributed by atoms with Gasteiger partial charge in [0, 0.05) is 17.6 Å². The fraction of sp³-hybridized carbons (Fsp3) is 0.333. The molecule has 0 radical (unpaired) electrons. The third-order valence-electron chi connectivity index (χ3n) is 2.48. The van der Waals surface area contributed by atoms with Crippen LogP contribution in [-0.4, -0.2) is 16.5 Å². The lowest BCUT2D eigenvalue weighted by molar-refractivity contribution is 0.831. The number of hydrogen-bond donors (Lipinski definition) is 2. The molecule has 0 amide bonds. The number of benzene rings is 1. The van der Waals surface area contributed by atoms with Gasteiger partial charge in [-0.15, -0.1) is 0 Å². The predicted molar refractivity (Wildman–Crippen MR) is 67.3 cm³/mol. The zero-order valence-electron chi connectivity index (χ0n) is 9.40. The van der Waals surface area contributed by atoms with Crippen molar-refractivity contribution in [3.63, 3.8) is 0 Å². The number of nitrogens with one attached hydrogen (secondary N) is 1. The Balaban J connectivity index is 2.30. The van der Waals surface area contributed by atoms with E-state index in [1.807, 2.05) is 18.2 Å². The molecule has 0 spiro atoms. The van der Waals surface area contributed by atoms with Crippen LogP contribution < -0.4 is 11.1 Å². The van der Waals surface area contributed by atoms with Crippen LogP contribution >= 0.6 is 0 Å². The van der Waals surface area contributed by atoms with Gasteiger partial charge in [-0.25, -0.2) is 9.97 Å². The minimum absolute atomic E-state index is 0.728. The summed E-state index contributed by atoms with van der Waals surface area (Å²) in [5.74, 6) is 0.887. The minimum atomic E-state index is 0.728. The first-order chi connectivity index (χ1) is 7.81. The molecule has 1 aromatic heterocycles. The topological polar surface area (TPSA) is 63.8 Å². The predicted octanol–water partition coefficient (Wildman–Crippen LogP) is 2.42. The SMILES string of the molecule is CCCCNc1ncnc2cc(N)ccc12. The van der Waals surface area contributed by atoms with Crippen LogP contribution in [0.2, 0.25) is 0 Å². The summed E-state index contributed by atoms with van der Waals surface area (Å²) in [4.78, 5) is 8.45. The largest absolute Gasteiger partial charge is 0.399 e. The number of aromatic nitrogens is 2. The van der Waals surface area contributed by atoms with Gasteiger partial charge in [-0.1, -0.05) is 13.3 Å². The van der Waals surface area contributed by atoms with Gasteiger partial charge in [0.2, 0.25) is 0 Å². The summed E-state index contributed by atoms with van der Waals surface area (Å²) >= 11 is 0. The molecule has 16 heavy (non-hydrogen) atoms. The number of anilines is 2. The van der Waals surface area contributed by atoms with Crippen LogP contribution in [0, 0.1) is 0 Å². The molecule has 3 N–H and O–H groups in total. The third kappa shape index (κ3) is 2.21. The molecule has 2 aromatic rings. The fourth-order valence-corrected chi connectivity index (χ4v) is 1.60. The highest BCUT2D eigenvalue weighted by Crippen LogP contribution is 2.20. The van der Waals surface area contributed by atoms with Crippen molar-refractivity contribution in [2.45, 2.75) is 19.8 Å². The lowest BCUT2D eigenvalue weighted by Crippen LogP contribution is -2.03. The van der Waals surface area contributed by atoms with E-state index in [-0.39, 0.29) is 0 Å². The van der Waals surface area contributed by atoms with Crippen LogP contribution in [0.15, 0.2) is 24.5 Å². The second-order valence-electron chi connectivity index (χ2n) is 3.78. The van der Waals surface area contributed by atoms with E-state index in [0.29, 0.717) is 0 Å². The summed E-state index contributed by atoms with van der Waals surface area (Å²) in [6, 6.07) is 5.69. The van der Waals surface area contributed by atoms with Gasteiger partial charge in [-0.05, 0) is 24.6 Å². The normalized spacial score (nSPS) is 10.6. The molecule has 0 aliphatic rings. The number of rotatable bonds is 4. The molecule has 0 aliphatic carbocycles. The van der Waals surface area contributed by atoms with Gasteiger partial charge in [-0.3, -0.25) is 0 Å². The van der Waals surface area contributed by atoms with E-state index in [1.54, 1.807) is 6.33 Å². The molecule has 0 bridgehead atoms. The first-order valence-corrected chi connectivity index (χ1v) is 5.55. The van der Waals surface area contributed by atoms with Crippen LogP contribution in [0.5, 0.6) is 0 Å². The molecule has 1 aromatic carbocycles. The van der Waals surface area contributed by atoms with Crippen molar-refractivity contribution in [2.75, 3.05) is 17.6 Å². The summed E-state index contributed by atoms with van der Waals surface area (Å²) in [7, 11) is 0. The maximum atomic E-state index is 5.71. The molecule has 4 nitrogen and oxygen atoms in total. The molecular weight excluding hydrogens is 200 g/mol. The number of nitrogen functional groups attached to an aromatic ring is 1. The lowest BCUT2D eigenvalue weighted by atomic mass is 10.2. The van der Waals surface area contributed by atoms with Gasteiger partial charge in [0.15, 0.2) is 0 Å². The summed E-state index contributed by atoms with van der Waals surface area (Å²) in [6.07, 6.45) is 3.87. The molecule has 2 rings (SSSR count). The number of unbranched alkanes of at least 4 members (excludes halogenated alkanes) is 1. The molecule has 4 heteroatoms. The number of hydrogen-bond acceptors (Lipinski definition) is 4. The van der Waals surface area contributed by atoms with Crippen molar-refractivity contribution in [3.05, 3.63) is 24.5 Å². The highest BCUT2D eigenvalue weighted by molar-refractivity contribution is 5.90. The van der Waals surface area contributed by atoms with Crippen molar-refractivity contribution in [3.8, 4) is 0 Å². The van der Waals surface area contributed by atoms with Crippen molar-refractivity contribution in [1.82, 2.24) is 9.97 Å². The van der Waals surface area contributed by atoms with Gasteiger partial charge >= 0.3 is 0 Å². The van der Waals surface area contributed by atoms with Crippen molar-refractivity contribution >= 4 is 22.4 Å². The molecule has 1 heterocycles. The molecule has 0 fully saturated rings. The van der Waals surface area contributed by atoms with E-state index in [2.05, 4.69) is 22.2 Å². The Hall–Kier alpha value is -1.84.